The summed E-state index contributed by atoms with van der Waals surface area (Å²) in [5, 5.41) is 12.6. The second kappa shape index (κ2) is 6.28. The lowest BCUT2D eigenvalue weighted by molar-refractivity contribution is 0.102. The number of phenols is 1. The number of aryl methyl sites for hydroxylation is 1. The molecule has 0 unspecified atom stereocenters. The first-order valence-corrected chi connectivity index (χ1v) is 8.02. The zero-order chi connectivity index (χ0) is 14.9. The molecule has 0 saturated heterocycles. The van der Waals surface area contributed by atoms with E-state index in [9.17, 15) is 9.90 Å². The summed E-state index contributed by atoms with van der Waals surface area (Å²) in [6.07, 6.45) is 0. The van der Waals surface area contributed by atoms with Crippen molar-refractivity contribution in [3.05, 3.63) is 54.9 Å². The Balaban J connectivity index is 2.33. The third-order valence-corrected chi connectivity index (χ3v) is 4.35. The maximum absolute atomic E-state index is 12.2. The van der Waals surface area contributed by atoms with Crippen molar-refractivity contribution < 1.29 is 9.90 Å². The number of halogens is 3. The number of aromatic hydroxyl groups is 1. The molecule has 20 heavy (non-hydrogen) atoms. The molecule has 6 heteroatoms. The van der Waals surface area contributed by atoms with Gasteiger partial charge >= 0.3 is 0 Å². The van der Waals surface area contributed by atoms with Crippen LogP contribution in [0.1, 0.15) is 15.9 Å². The van der Waals surface area contributed by atoms with E-state index < -0.39 is 0 Å². The number of anilines is 1. The molecular formula is C14H10Br3NO2. The lowest BCUT2D eigenvalue weighted by Gasteiger charge is -2.11. The van der Waals surface area contributed by atoms with E-state index in [-0.39, 0.29) is 17.2 Å². The molecule has 0 fully saturated rings. The summed E-state index contributed by atoms with van der Waals surface area (Å²) < 4.78 is 2.35. The number of carbonyl (C=O) groups excluding carboxylic acids is 1. The highest BCUT2D eigenvalue weighted by atomic mass is 79.9. The molecule has 0 aliphatic rings. The van der Waals surface area contributed by atoms with E-state index in [2.05, 4.69) is 53.1 Å². The first-order valence-electron chi connectivity index (χ1n) is 5.64. The number of carbonyl (C=O) groups is 1. The number of hydrogen-bond acceptors (Lipinski definition) is 2. The molecule has 0 aliphatic carbocycles. The van der Waals surface area contributed by atoms with Crippen LogP contribution in [0.3, 0.4) is 0 Å². The van der Waals surface area contributed by atoms with Crippen LogP contribution in [0.4, 0.5) is 5.69 Å². The number of amides is 1. The predicted octanol–water partition coefficient (Wildman–Crippen LogP) is 5.24. The van der Waals surface area contributed by atoms with Crippen LogP contribution < -0.4 is 5.32 Å². The van der Waals surface area contributed by atoms with E-state index in [1.807, 2.05) is 19.1 Å². The van der Waals surface area contributed by atoms with Crippen LogP contribution in [0.15, 0.2) is 43.7 Å². The van der Waals surface area contributed by atoms with Crippen molar-refractivity contribution in [2.24, 2.45) is 0 Å². The number of benzene rings is 2. The largest absolute Gasteiger partial charge is 0.507 e. The summed E-state index contributed by atoms with van der Waals surface area (Å²) >= 11 is 10.1. The highest BCUT2D eigenvalue weighted by molar-refractivity contribution is 9.11. The maximum atomic E-state index is 12.2. The van der Waals surface area contributed by atoms with Gasteiger partial charge in [0.1, 0.15) is 5.75 Å². The van der Waals surface area contributed by atoms with Gasteiger partial charge in [0.15, 0.2) is 0 Å². The van der Waals surface area contributed by atoms with Gasteiger partial charge in [-0.25, -0.2) is 0 Å². The predicted molar refractivity (Wildman–Crippen MR) is 90.3 cm³/mol. The zero-order valence-electron chi connectivity index (χ0n) is 10.4. The average Bonchev–Trinajstić information content (AvgIpc) is 2.33. The maximum Gasteiger partial charge on any atom is 0.259 e. The summed E-state index contributed by atoms with van der Waals surface area (Å²) in [4.78, 5) is 12.2. The van der Waals surface area contributed by atoms with Gasteiger partial charge in [-0.1, -0.05) is 22.0 Å². The smallest absolute Gasteiger partial charge is 0.259 e. The van der Waals surface area contributed by atoms with Gasteiger partial charge in [0.05, 0.1) is 11.3 Å². The molecule has 0 bridgehead atoms. The molecule has 104 valence electrons. The highest BCUT2D eigenvalue weighted by Crippen LogP contribution is 2.35. The van der Waals surface area contributed by atoms with Gasteiger partial charge in [-0.3, -0.25) is 4.79 Å². The molecule has 2 rings (SSSR count). The van der Waals surface area contributed by atoms with Crippen molar-refractivity contribution in [2.75, 3.05) is 5.32 Å². The lowest BCUT2D eigenvalue weighted by Crippen LogP contribution is -2.13. The third kappa shape index (κ3) is 3.42. The van der Waals surface area contributed by atoms with Crippen molar-refractivity contribution in [1.29, 1.82) is 0 Å². The van der Waals surface area contributed by atoms with Crippen LogP contribution in [0.2, 0.25) is 0 Å². The first-order chi connectivity index (χ1) is 9.38. The van der Waals surface area contributed by atoms with Crippen molar-refractivity contribution in [3.8, 4) is 5.75 Å². The summed E-state index contributed by atoms with van der Waals surface area (Å²) in [6, 6.07) is 8.59. The minimum atomic E-state index is -0.369. The summed E-state index contributed by atoms with van der Waals surface area (Å²) in [6.45, 7) is 1.85. The Labute approximate surface area is 141 Å². The fourth-order valence-corrected chi connectivity index (χ4v) is 4.13. The molecule has 2 aromatic rings. The van der Waals surface area contributed by atoms with Gasteiger partial charge in [-0.2, -0.15) is 0 Å². The average molecular weight is 464 g/mol. The first kappa shape index (κ1) is 15.5. The highest BCUT2D eigenvalue weighted by Gasteiger charge is 2.15. The van der Waals surface area contributed by atoms with E-state index >= 15 is 0 Å². The minimum absolute atomic E-state index is 0.0353. The minimum Gasteiger partial charge on any atom is -0.507 e. The topological polar surface area (TPSA) is 49.3 Å². The lowest BCUT2D eigenvalue weighted by atomic mass is 10.1. The molecule has 0 aromatic heterocycles. The molecule has 1 amide bonds. The Morgan fingerprint density at radius 1 is 1.10 bits per heavy atom. The van der Waals surface area contributed by atoms with Gasteiger partial charge in [0.25, 0.3) is 5.91 Å². The molecule has 0 aliphatic heterocycles. The zero-order valence-corrected chi connectivity index (χ0v) is 15.1. The van der Waals surface area contributed by atoms with Gasteiger partial charge in [0, 0.05) is 13.4 Å². The molecule has 2 N–H and O–H groups in total. The molecule has 0 heterocycles. The molecule has 0 saturated carbocycles. The standard InChI is InChI=1S/C14H10Br3NO2/c1-7-2-3-9(12(19)4-7)14(20)18-13-10(16)5-8(15)6-11(13)17/h2-6,19H,1H3,(H,18,20). The Kier molecular flexibility index (Phi) is 4.88. The Morgan fingerprint density at radius 2 is 1.70 bits per heavy atom. The number of nitrogens with one attached hydrogen (secondary N) is 1. The van der Waals surface area contributed by atoms with Crippen LogP contribution in [-0.4, -0.2) is 11.0 Å². The van der Waals surface area contributed by atoms with Crippen molar-refractivity contribution in [2.45, 2.75) is 6.92 Å². The van der Waals surface area contributed by atoms with Crippen molar-refractivity contribution in [1.82, 2.24) is 0 Å². The number of phenolic OH excluding ortho intramolecular Hbond substituents is 1. The molecule has 0 radical (unpaired) electrons. The molecular weight excluding hydrogens is 454 g/mol. The Bertz CT molecular complexity index is 663. The monoisotopic (exact) mass is 461 g/mol. The summed E-state index contributed by atoms with van der Waals surface area (Å²) in [5.41, 5.74) is 1.74. The summed E-state index contributed by atoms with van der Waals surface area (Å²) in [7, 11) is 0. The van der Waals surface area contributed by atoms with E-state index in [0.29, 0.717) is 5.69 Å². The van der Waals surface area contributed by atoms with Gasteiger partial charge in [-0.05, 0) is 68.6 Å². The second-order valence-corrected chi connectivity index (χ2v) is 6.84. The molecule has 0 spiro atoms. The van der Waals surface area contributed by atoms with Crippen LogP contribution in [-0.2, 0) is 0 Å². The normalized spacial score (nSPS) is 10.4. The van der Waals surface area contributed by atoms with Gasteiger partial charge < -0.3 is 10.4 Å². The van der Waals surface area contributed by atoms with Crippen LogP contribution in [0.25, 0.3) is 0 Å². The second-order valence-electron chi connectivity index (χ2n) is 4.22. The van der Waals surface area contributed by atoms with Gasteiger partial charge in [0.2, 0.25) is 0 Å². The molecule has 2 aromatic carbocycles. The van der Waals surface area contributed by atoms with E-state index in [1.54, 1.807) is 18.2 Å². The summed E-state index contributed by atoms with van der Waals surface area (Å²) in [5.74, 6) is -0.405. The van der Waals surface area contributed by atoms with Crippen molar-refractivity contribution >= 4 is 59.4 Å². The fourth-order valence-electron chi connectivity index (χ4n) is 1.68. The van der Waals surface area contributed by atoms with Crippen LogP contribution >= 0.6 is 47.8 Å². The number of rotatable bonds is 2. The van der Waals surface area contributed by atoms with Crippen LogP contribution in [0.5, 0.6) is 5.75 Å². The van der Waals surface area contributed by atoms with Crippen molar-refractivity contribution in [3.63, 3.8) is 0 Å². The molecule has 3 nitrogen and oxygen atoms in total. The SMILES string of the molecule is Cc1ccc(C(=O)Nc2c(Br)cc(Br)cc2Br)c(O)c1. The van der Waals surface area contributed by atoms with E-state index in [1.165, 1.54) is 0 Å². The van der Waals surface area contributed by atoms with E-state index in [0.717, 1.165) is 19.0 Å². The van der Waals surface area contributed by atoms with Crippen LogP contribution in [0, 0.1) is 6.92 Å². The van der Waals surface area contributed by atoms with Gasteiger partial charge in [-0.15, -0.1) is 0 Å². The quantitative estimate of drug-likeness (QED) is 0.639. The Hall–Kier alpha value is -0.850. The number of hydrogen-bond donors (Lipinski definition) is 2. The Morgan fingerprint density at radius 3 is 2.25 bits per heavy atom. The third-order valence-electron chi connectivity index (χ3n) is 2.64. The fraction of sp³-hybridized carbons (Fsp3) is 0.0714. The molecule has 0 atom stereocenters. The van der Waals surface area contributed by atoms with E-state index in [4.69, 9.17) is 0 Å².